The third-order valence-corrected chi connectivity index (χ3v) is 4.75. The van der Waals surface area contributed by atoms with Gasteiger partial charge in [0.05, 0.1) is 30.5 Å². The number of aryl methyl sites for hydroxylation is 1. The first-order valence-electron chi connectivity index (χ1n) is 9.15. The van der Waals surface area contributed by atoms with Gasteiger partial charge >= 0.3 is 0 Å². The van der Waals surface area contributed by atoms with Crippen molar-refractivity contribution in [3.05, 3.63) is 59.1 Å². The van der Waals surface area contributed by atoms with Gasteiger partial charge in [0.1, 0.15) is 17.3 Å². The second kappa shape index (κ2) is 8.44. The number of nitrogens with zero attached hydrogens (tertiary/aromatic N) is 5. The highest BCUT2D eigenvalue weighted by atomic mass is 35.5. The lowest BCUT2D eigenvalue weighted by Gasteiger charge is -2.07. The molecule has 0 unspecified atom stereocenters. The van der Waals surface area contributed by atoms with Gasteiger partial charge in [-0.3, -0.25) is 15.2 Å². The number of hydrogen-bond donors (Lipinski definition) is 2. The molecule has 0 aliphatic carbocycles. The van der Waals surface area contributed by atoms with Crippen molar-refractivity contribution in [3.8, 4) is 28.6 Å². The molecule has 11 heteroatoms. The normalized spacial score (nSPS) is 10.7. The van der Waals surface area contributed by atoms with Crippen molar-refractivity contribution in [3.63, 3.8) is 0 Å². The second-order valence-corrected chi connectivity index (χ2v) is 6.78. The summed E-state index contributed by atoms with van der Waals surface area (Å²) in [6, 6.07) is 12.4. The Kier molecular flexibility index (Phi) is 5.54. The number of aromatic amines is 1. The average Bonchev–Trinajstić information content (AvgIpc) is 3.40. The molecule has 4 rings (SSSR count). The van der Waals surface area contributed by atoms with E-state index in [4.69, 9.17) is 21.1 Å². The van der Waals surface area contributed by atoms with Crippen LogP contribution in [0.2, 0.25) is 5.02 Å². The van der Waals surface area contributed by atoms with E-state index in [1.165, 1.54) is 4.68 Å². The molecular weight excluding hydrogens is 422 g/mol. The van der Waals surface area contributed by atoms with Gasteiger partial charge in [-0.15, -0.1) is 10.2 Å². The highest BCUT2D eigenvalue weighted by molar-refractivity contribution is 6.32. The number of benzene rings is 2. The van der Waals surface area contributed by atoms with Crippen LogP contribution >= 0.6 is 11.6 Å². The zero-order chi connectivity index (χ0) is 22.0. The van der Waals surface area contributed by atoms with Crippen LogP contribution in [0.1, 0.15) is 16.4 Å². The van der Waals surface area contributed by atoms with Crippen LogP contribution in [0.15, 0.2) is 42.5 Å². The van der Waals surface area contributed by atoms with Gasteiger partial charge in [-0.25, -0.2) is 9.67 Å². The summed E-state index contributed by atoms with van der Waals surface area (Å²) < 4.78 is 12.1. The summed E-state index contributed by atoms with van der Waals surface area (Å²) in [7, 11) is 3.11. The molecule has 1 amide bonds. The summed E-state index contributed by atoms with van der Waals surface area (Å²) >= 11 is 6.22. The van der Waals surface area contributed by atoms with Crippen LogP contribution < -0.4 is 14.8 Å². The molecule has 2 N–H and O–H groups in total. The fourth-order valence-corrected chi connectivity index (χ4v) is 3.14. The van der Waals surface area contributed by atoms with E-state index in [1.54, 1.807) is 51.5 Å². The molecule has 0 aliphatic heterocycles. The molecule has 158 valence electrons. The molecule has 31 heavy (non-hydrogen) atoms. The van der Waals surface area contributed by atoms with Crippen LogP contribution in [0.25, 0.3) is 17.1 Å². The molecule has 0 saturated carbocycles. The largest absolute Gasteiger partial charge is 0.497 e. The molecule has 0 aliphatic rings. The maximum atomic E-state index is 12.6. The summed E-state index contributed by atoms with van der Waals surface area (Å²) in [4.78, 5) is 21.2. The molecule has 0 fully saturated rings. The lowest BCUT2D eigenvalue weighted by atomic mass is 10.2. The van der Waals surface area contributed by atoms with E-state index < -0.39 is 5.91 Å². The van der Waals surface area contributed by atoms with Crippen LogP contribution in [0.3, 0.4) is 0 Å². The van der Waals surface area contributed by atoms with Gasteiger partial charge in [0, 0.05) is 6.07 Å². The van der Waals surface area contributed by atoms with E-state index in [9.17, 15) is 4.79 Å². The SMILES string of the molecule is COc1ccc(-c2nc(NC(=O)c3nc(C)n(-c4ccccc4Cl)n3)n[nH]2)c(OC)c1. The predicted molar refractivity (Wildman–Crippen MR) is 114 cm³/mol. The summed E-state index contributed by atoms with van der Waals surface area (Å²) in [5.41, 5.74) is 1.29. The predicted octanol–water partition coefficient (Wildman–Crippen LogP) is 3.28. The van der Waals surface area contributed by atoms with Crippen LogP contribution in [-0.4, -0.2) is 50.1 Å². The third-order valence-electron chi connectivity index (χ3n) is 4.43. The molecule has 10 nitrogen and oxygen atoms in total. The average molecular weight is 440 g/mol. The molecule has 0 bridgehead atoms. The molecule has 2 aromatic carbocycles. The van der Waals surface area contributed by atoms with Gasteiger partial charge in [0.25, 0.3) is 5.91 Å². The highest BCUT2D eigenvalue weighted by Crippen LogP contribution is 2.31. The molecule has 2 aromatic heterocycles. The van der Waals surface area contributed by atoms with Crippen molar-refractivity contribution < 1.29 is 14.3 Å². The maximum Gasteiger partial charge on any atom is 0.297 e. The number of anilines is 1. The number of amides is 1. The van der Waals surface area contributed by atoms with Crippen LogP contribution in [0, 0.1) is 6.92 Å². The Morgan fingerprint density at radius 3 is 2.68 bits per heavy atom. The lowest BCUT2D eigenvalue weighted by molar-refractivity contribution is 0.101. The van der Waals surface area contributed by atoms with E-state index in [2.05, 4.69) is 30.6 Å². The smallest absolute Gasteiger partial charge is 0.297 e. The number of para-hydroxylation sites is 1. The number of rotatable bonds is 6. The zero-order valence-electron chi connectivity index (χ0n) is 16.9. The van der Waals surface area contributed by atoms with Crippen molar-refractivity contribution in [2.24, 2.45) is 0 Å². The Morgan fingerprint density at radius 1 is 1.13 bits per heavy atom. The fraction of sp³-hybridized carbons (Fsp3) is 0.150. The van der Waals surface area contributed by atoms with Gasteiger partial charge in [-0.05, 0) is 31.2 Å². The molecule has 0 radical (unpaired) electrons. The lowest BCUT2D eigenvalue weighted by Crippen LogP contribution is -2.15. The number of halogens is 1. The third kappa shape index (κ3) is 4.05. The number of hydrogen-bond acceptors (Lipinski definition) is 7. The molecule has 0 atom stereocenters. The first kappa shape index (κ1) is 20.4. The monoisotopic (exact) mass is 439 g/mol. The molecule has 0 spiro atoms. The molecule has 0 saturated heterocycles. The number of methoxy groups -OCH3 is 2. The van der Waals surface area contributed by atoms with E-state index in [-0.39, 0.29) is 11.8 Å². The second-order valence-electron chi connectivity index (χ2n) is 6.37. The summed E-state index contributed by atoms with van der Waals surface area (Å²) in [5.74, 6) is 1.60. The molecule has 2 heterocycles. The number of carbonyl (C=O) groups excluding carboxylic acids is 1. The Morgan fingerprint density at radius 2 is 1.94 bits per heavy atom. The number of carbonyl (C=O) groups is 1. The van der Waals surface area contributed by atoms with Gasteiger partial charge in [-0.1, -0.05) is 23.7 Å². The van der Waals surface area contributed by atoms with Crippen LogP contribution in [0.4, 0.5) is 5.95 Å². The minimum Gasteiger partial charge on any atom is -0.497 e. The Hall–Kier alpha value is -3.92. The molecular formula is C20H18ClN7O3. The fourth-order valence-electron chi connectivity index (χ4n) is 2.93. The number of aromatic nitrogens is 6. The Balaban J connectivity index is 1.55. The standard InChI is InChI=1S/C20H18ClN7O3/c1-11-22-18(27-28(11)15-7-5-4-6-14(15)21)19(29)24-20-23-17(25-26-20)13-9-8-12(30-2)10-16(13)31-3/h4-10H,1-3H3,(H2,23,24,25,26,29). The first-order chi connectivity index (χ1) is 15.0. The van der Waals surface area contributed by atoms with Gasteiger partial charge < -0.3 is 9.47 Å². The van der Waals surface area contributed by atoms with Crippen molar-refractivity contribution in [1.82, 2.24) is 29.9 Å². The minimum atomic E-state index is -0.554. The maximum absolute atomic E-state index is 12.6. The van der Waals surface area contributed by atoms with Crippen LogP contribution in [0.5, 0.6) is 11.5 Å². The van der Waals surface area contributed by atoms with Gasteiger partial charge in [-0.2, -0.15) is 4.98 Å². The van der Waals surface area contributed by atoms with Crippen molar-refractivity contribution in [1.29, 1.82) is 0 Å². The van der Waals surface area contributed by atoms with Gasteiger partial charge in [0.2, 0.25) is 11.8 Å². The van der Waals surface area contributed by atoms with Crippen molar-refractivity contribution in [2.45, 2.75) is 6.92 Å². The van der Waals surface area contributed by atoms with E-state index in [1.807, 2.05) is 12.1 Å². The van der Waals surface area contributed by atoms with Gasteiger partial charge in [0.15, 0.2) is 5.82 Å². The Labute approximate surface area is 182 Å². The Bertz CT molecular complexity index is 1250. The van der Waals surface area contributed by atoms with Crippen molar-refractivity contribution in [2.75, 3.05) is 19.5 Å². The minimum absolute atomic E-state index is 0.0363. The van der Waals surface area contributed by atoms with Crippen LogP contribution in [-0.2, 0) is 0 Å². The zero-order valence-corrected chi connectivity index (χ0v) is 17.6. The number of nitrogens with one attached hydrogen (secondary N) is 2. The summed E-state index contributed by atoms with van der Waals surface area (Å²) in [6.45, 7) is 1.73. The quantitative estimate of drug-likeness (QED) is 0.473. The van der Waals surface area contributed by atoms with E-state index >= 15 is 0 Å². The highest BCUT2D eigenvalue weighted by Gasteiger charge is 2.19. The van der Waals surface area contributed by atoms with E-state index in [0.717, 1.165) is 0 Å². The van der Waals surface area contributed by atoms with Crippen molar-refractivity contribution >= 4 is 23.5 Å². The summed E-state index contributed by atoms with van der Waals surface area (Å²) in [5, 5.41) is 14.2. The van der Waals surface area contributed by atoms with E-state index in [0.29, 0.717) is 39.4 Å². The number of H-pyrrole nitrogens is 1. The number of ether oxygens (including phenoxy) is 2. The topological polar surface area (TPSA) is 120 Å². The summed E-state index contributed by atoms with van der Waals surface area (Å²) in [6.07, 6.45) is 0. The first-order valence-corrected chi connectivity index (χ1v) is 9.52. The molecule has 4 aromatic rings.